The summed E-state index contributed by atoms with van der Waals surface area (Å²) in [6, 6.07) is 4.93. The van der Waals surface area contributed by atoms with Gasteiger partial charge in [-0.25, -0.2) is 19.5 Å². The quantitative estimate of drug-likeness (QED) is 0.221. The van der Waals surface area contributed by atoms with Crippen LogP contribution in [0.2, 0.25) is 0 Å². The fourth-order valence-corrected chi connectivity index (χ4v) is 3.62. The van der Waals surface area contributed by atoms with Gasteiger partial charge in [0.1, 0.15) is 41.7 Å². The molecule has 1 aromatic carbocycles. The number of anilines is 1. The van der Waals surface area contributed by atoms with Crippen molar-refractivity contribution in [1.29, 1.82) is 0 Å². The summed E-state index contributed by atoms with van der Waals surface area (Å²) in [5.41, 5.74) is 1.97. The molecule has 178 valence electrons. The third kappa shape index (κ3) is 5.39. The number of aromatic amines is 1. The van der Waals surface area contributed by atoms with E-state index in [2.05, 4.69) is 29.8 Å². The largest absolute Gasteiger partial charge is 0.496 e. The maximum absolute atomic E-state index is 10.9. The van der Waals surface area contributed by atoms with E-state index < -0.39 is 39.0 Å². The Morgan fingerprint density at radius 3 is 2.79 bits per heavy atom. The number of aliphatic hydroxyl groups is 2. The molecule has 0 radical (unpaired) electrons. The second kappa shape index (κ2) is 9.57. The van der Waals surface area contributed by atoms with Crippen molar-refractivity contribution in [3.8, 4) is 11.5 Å². The van der Waals surface area contributed by atoms with Gasteiger partial charge in [0.15, 0.2) is 11.5 Å². The molecule has 0 saturated carbocycles. The average Bonchev–Trinajstić information content (AvgIpc) is 3.37. The monoisotopic (exact) mass is 483 g/mol. The molecule has 3 heterocycles. The summed E-state index contributed by atoms with van der Waals surface area (Å²) in [6.45, 7) is -0.263. The Hall–Kier alpha value is -2.84. The molecule has 0 bridgehead atoms. The average molecular weight is 483 g/mol. The lowest BCUT2D eigenvalue weighted by atomic mass is 10.1. The highest BCUT2D eigenvalue weighted by Crippen LogP contribution is 2.37. The van der Waals surface area contributed by atoms with Crippen LogP contribution in [0.3, 0.4) is 0 Å². The van der Waals surface area contributed by atoms with Crippen LogP contribution in [0.5, 0.6) is 11.5 Å². The fourth-order valence-electron chi connectivity index (χ4n) is 3.28. The van der Waals surface area contributed by atoms with Gasteiger partial charge in [-0.15, -0.1) is 0 Å². The lowest BCUT2D eigenvalue weighted by Crippen LogP contribution is -2.35. The van der Waals surface area contributed by atoms with Crippen molar-refractivity contribution in [3.05, 3.63) is 36.4 Å². The smallest absolute Gasteiger partial charge is 0.469 e. The van der Waals surface area contributed by atoms with E-state index in [0.29, 0.717) is 29.3 Å². The summed E-state index contributed by atoms with van der Waals surface area (Å²) in [7, 11) is -3.27. The Labute approximate surface area is 186 Å². The molecule has 15 heteroatoms. The van der Waals surface area contributed by atoms with Crippen LogP contribution < -0.4 is 14.8 Å². The van der Waals surface area contributed by atoms with Gasteiger partial charge in [0.2, 0.25) is 6.29 Å². The zero-order valence-corrected chi connectivity index (χ0v) is 18.1. The van der Waals surface area contributed by atoms with Crippen molar-refractivity contribution in [2.45, 2.75) is 31.1 Å². The van der Waals surface area contributed by atoms with E-state index in [1.165, 1.54) is 19.8 Å². The minimum Gasteiger partial charge on any atom is -0.496 e. The number of phosphoric acid groups is 1. The molecule has 33 heavy (non-hydrogen) atoms. The van der Waals surface area contributed by atoms with Crippen molar-refractivity contribution in [2.75, 3.05) is 19.0 Å². The normalized spacial score (nSPS) is 23.1. The first-order chi connectivity index (χ1) is 15.7. The number of aliphatic hydroxyl groups excluding tert-OH is 2. The van der Waals surface area contributed by atoms with Crippen LogP contribution in [-0.2, 0) is 20.4 Å². The van der Waals surface area contributed by atoms with Gasteiger partial charge in [0.25, 0.3) is 0 Å². The molecule has 0 spiro atoms. The van der Waals surface area contributed by atoms with E-state index in [1.807, 2.05) is 0 Å². The number of hydrogen-bond donors (Lipinski definition) is 6. The van der Waals surface area contributed by atoms with Crippen LogP contribution in [0.1, 0.15) is 5.56 Å². The zero-order valence-electron chi connectivity index (χ0n) is 17.2. The Morgan fingerprint density at radius 1 is 1.21 bits per heavy atom. The molecule has 1 fully saturated rings. The Balaban J connectivity index is 1.41. The number of imidazole rings is 1. The minimum absolute atomic E-state index is 0.279. The highest BCUT2D eigenvalue weighted by Gasteiger charge is 2.45. The minimum atomic E-state index is -4.76. The molecule has 4 rings (SSSR count). The van der Waals surface area contributed by atoms with E-state index in [0.717, 1.165) is 5.56 Å². The lowest BCUT2D eigenvalue weighted by Gasteiger charge is -2.18. The fraction of sp³-hybridized carbons (Fsp3) is 0.389. The molecular weight excluding hydrogens is 461 g/mol. The number of fused-ring (bicyclic) bond motifs is 1. The molecule has 6 N–H and O–H groups in total. The van der Waals surface area contributed by atoms with Crippen LogP contribution in [0.4, 0.5) is 5.82 Å². The van der Waals surface area contributed by atoms with Crippen LogP contribution in [-0.4, -0.2) is 78.3 Å². The highest BCUT2D eigenvalue weighted by molar-refractivity contribution is 7.46. The van der Waals surface area contributed by atoms with Gasteiger partial charge in [-0.1, -0.05) is 0 Å². The molecule has 1 aliphatic rings. The number of H-pyrrole nitrogens is 1. The van der Waals surface area contributed by atoms with Gasteiger partial charge in [-0.3, -0.25) is 4.52 Å². The number of nitrogens with zero attached hydrogens (tertiary/aromatic N) is 3. The molecule has 1 saturated heterocycles. The second-order valence-corrected chi connectivity index (χ2v) is 8.32. The van der Waals surface area contributed by atoms with Crippen molar-refractivity contribution in [2.24, 2.45) is 0 Å². The molecule has 1 aliphatic heterocycles. The first-order valence-electron chi connectivity index (χ1n) is 9.68. The molecule has 4 atom stereocenters. The van der Waals surface area contributed by atoms with Crippen LogP contribution in [0.25, 0.3) is 11.2 Å². The molecule has 1 unspecified atom stereocenters. The van der Waals surface area contributed by atoms with Gasteiger partial charge in [0, 0.05) is 18.2 Å². The summed E-state index contributed by atoms with van der Waals surface area (Å²) in [4.78, 5) is 32.9. The summed E-state index contributed by atoms with van der Waals surface area (Å²) >= 11 is 0. The molecule has 3 aromatic rings. The number of hydrogen-bond acceptors (Lipinski definition) is 11. The van der Waals surface area contributed by atoms with Gasteiger partial charge in [-0.05, 0) is 12.1 Å². The van der Waals surface area contributed by atoms with Crippen molar-refractivity contribution in [1.82, 2.24) is 19.9 Å². The number of ether oxygens (including phenoxy) is 3. The predicted molar refractivity (Wildman–Crippen MR) is 111 cm³/mol. The van der Waals surface area contributed by atoms with Crippen molar-refractivity contribution in [3.63, 3.8) is 0 Å². The maximum Gasteiger partial charge on any atom is 0.469 e. The second-order valence-electron chi connectivity index (χ2n) is 7.08. The lowest BCUT2D eigenvalue weighted by molar-refractivity contribution is -0.116. The summed E-state index contributed by atoms with van der Waals surface area (Å²) < 4.78 is 31.6. The first-order valence-corrected chi connectivity index (χ1v) is 11.2. The molecule has 14 nitrogen and oxygen atoms in total. The third-order valence-corrected chi connectivity index (χ3v) is 5.39. The molecule has 2 aromatic heterocycles. The number of phosphoric ester groups is 1. The van der Waals surface area contributed by atoms with Crippen LogP contribution in [0.15, 0.2) is 30.9 Å². The van der Waals surface area contributed by atoms with E-state index in [4.69, 9.17) is 24.0 Å². The van der Waals surface area contributed by atoms with E-state index in [-0.39, 0.29) is 5.75 Å². The topological polar surface area (TPSA) is 201 Å². The van der Waals surface area contributed by atoms with Crippen molar-refractivity contribution < 1.29 is 43.3 Å². The molecular formula is C18H22N5O9P. The standard InChI is InChI=1S/C18H22N5O9P/c1-29-11-4-10(31-18-15(25)14(24)12(32-18)6-30-33(26,27)28)3-2-9(11)5-19-16-13-17(21-7-20-13)23-8-22-16/h2-4,7-8,12,14-15,18,24-25H,5-6H2,1H3,(H2,26,27,28)(H2,19,20,21,22,23)/t12-,14-,15-,18?/m1/s1. The SMILES string of the molecule is COc1cc(OC2O[C@H](COP(=O)(O)O)[C@@H](O)[C@H]2O)ccc1CNc1ncnc2nc[nH]c12. The van der Waals surface area contributed by atoms with E-state index in [9.17, 15) is 14.8 Å². The van der Waals surface area contributed by atoms with Crippen LogP contribution >= 0.6 is 7.82 Å². The van der Waals surface area contributed by atoms with Gasteiger partial charge >= 0.3 is 7.82 Å². The Bertz CT molecular complexity index is 1160. The van der Waals surface area contributed by atoms with E-state index >= 15 is 0 Å². The summed E-state index contributed by atoms with van der Waals surface area (Å²) in [6.07, 6.45) is -2.46. The summed E-state index contributed by atoms with van der Waals surface area (Å²) in [5, 5.41) is 23.4. The third-order valence-electron chi connectivity index (χ3n) is 4.91. The van der Waals surface area contributed by atoms with Gasteiger partial charge in [0.05, 0.1) is 20.0 Å². The predicted octanol–water partition coefficient (Wildman–Crippen LogP) is -0.0916. The number of methoxy groups -OCH3 is 1. The van der Waals surface area contributed by atoms with Gasteiger partial charge in [-0.2, -0.15) is 0 Å². The van der Waals surface area contributed by atoms with E-state index in [1.54, 1.807) is 18.2 Å². The number of nitrogens with one attached hydrogen (secondary N) is 2. The van der Waals surface area contributed by atoms with Crippen LogP contribution in [0, 0.1) is 0 Å². The van der Waals surface area contributed by atoms with Gasteiger partial charge < -0.3 is 44.5 Å². The summed E-state index contributed by atoms with van der Waals surface area (Å²) in [5.74, 6) is 1.32. The molecule has 0 amide bonds. The number of aromatic nitrogens is 4. The number of benzene rings is 1. The highest BCUT2D eigenvalue weighted by atomic mass is 31.2. The van der Waals surface area contributed by atoms with Crippen molar-refractivity contribution >= 4 is 24.8 Å². The zero-order chi connectivity index (χ0) is 23.6. The number of rotatable bonds is 9. The Morgan fingerprint density at radius 2 is 2.03 bits per heavy atom. The molecule has 0 aliphatic carbocycles. The maximum atomic E-state index is 10.9. The first kappa shape index (κ1) is 23.3. The Kier molecular flexibility index (Phi) is 6.76.